The summed E-state index contributed by atoms with van der Waals surface area (Å²) in [6, 6.07) is 5.30. The average Bonchev–Trinajstić information content (AvgIpc) is 2.55. The van der Waals surface area contributed by atoms with Gasteiger partial charge in [0.1, 0.15) is 0 Å². The Morgan fingerprint density at radius 1 is 1.22 bits per heavy atom. The van der Waals surface area contributed by atoms with Crippen molar-refractivity contribution < 1.29 is 18.1 Å². The standard InChI is InChI=1S/C14H19N3O5S/c1-2-5-14(18)15-8-10-16(11-9-15)23(21,22)13-7-4-3-6-12(13)17(19)20/h3-4,6-7H,2,5,8-11H2,1H3. The first-order valence-corrected chi connectivity index (χ1v) is 8.83. The Balaban J connectivity index is 2.17. The monoisotopic (exact) mass is 341 g/mol. The third-order valence-electron chi connectivity index (χ3n) is 3.73. The number of carbonyl (C=O) groups is 1. The molecule has 2 rings (SSSR count). The lowest BCUT2D eigenvalue weighted by Gasteiger charge is -2.33. The van der Waals surface area contributed by atoms with Crippen molar-refractivity contribution in [3.63, 3.8) is 0 Å². The van der Waals surface area contributed by atoms with E-state index in [1.807, 2.05) is 6.92 Å². The Kier molecular flexibility index (Phi) is 5.32. The molecule has 0 spiro atoms. The number of para-hydroxylation sites is 1. The third-order valence-corrected chi connectivity index (χ3v) is 5.68. The molecule has 1 aliphatic rings. The summed E-state index contributed by atoms with van der Waals surface area (Å²) in [5.41, 5.74) is -0.433. The van der Waals surface area contributed by atoms with Crippen LogP contribution in [-0.2, 0) is 14.8 Å². The minimum atomic E-state index is -3.95. The molecule has 23 heavy (non-hydrogen) atoms. The summed E-state index contributed by atoms with van der Waals surface area (Å²) in [7, 11) is -3.95. The van der Waals surface area contributed by atoms with Gasteiger partial charge in [0, 0.05) is 38.7 Å². The number of carbonyl (C=O) groups excluding carboxylic acids is 1. The highest BCUT2D eigenvalue weighted by atomic mass is 32.2. The van der Waals surface area contributed by atoms with Gasteiger partial charge in [0.2, 0.25) is 15.9 Å². The summed E-state index contributed by atoms with van der Waals surface area (Å²) in [4.78, 5) is 23.5. The molecule has 1 saturated heterocycles. The minimum Gasteiger partial charge on any atom is -0.340 e. The van der Waals surface area contributed by atoms with Crippen molar-refractivity contribution in [3.05, 3.63) is 34.4 Å². The molecule has 1 aromatic rings. The van der Waals surface area contributed by atoms with Gasteiger partial charge in [0.05, 0.1) is 4.92 Å². The third kappa shape index (κ3) is 3.67. The van der Waals surface area contributed by atoms with Gasteiger partial charge >= 0.3 is 0 Å². The molecule has 0 N–H and O–H groups in total. The average molecular weight is 341 g/mol. The molecule has 0 radical (unpaired) electrons. The van der Waals surface area contributed by atoms with Crippen molar-refractivity contribution in [2.45, 2.75) is 24.7 Å². The molecule has 0 saturated carbocycles. The summed E-state index contributed by atoms with van der Waals surface area (Å²) < 4.78 is 26.5. The maximum atomic E-state index is 12.6. The summed E-state index contributed by atoms with van der Waals surface area (Å²) in [5.74, 6) is 0.00948. The van der Waals surface area contributed by atoms with E-state index in [0.29, 0.717) is 19.5 Å². The normalized spacial score (nSPS) is 16.3. The van der Waals surface area contributed by atoms with E-state index < -0.39 is 20.6 Å². The molecule has 1 aliphatic heterocycles. The number of hydrogen-bond donors (Lipinski definition) is 0. The molecule has 126 valence electrons. The summed E-state index contributed by atoms with van der Waals surface area (Å²) in [6.45, 7) is 2.80. The van der Waals surface area contributed by atoms with Crippen LogP contribution in [0.5, 0.6) is 0 Å². The smallest absolute Gasteiger partial charge is 0.289 e. The zero-order valence-electron chi connectivity index (χ0n) is 12.8. The minimum absolute atomic E-state index is 0.00948. The molecule has 0 atom stereocenters. The van der Waals surface area contributed by atoms with E-state index in [9.17, 15) is 23.3 Å². The van der Waals surface area contributed by atoms with Crippen LogP contribution in [0.4, 0.5) is 5.69 Å². The van der Waals surface area contributed by atoms with Gasteiger partial charge in [0.15, 0.2) is 4.90 Å². The second-order valence-corrected chi connectivity index (χ2v) is 7.17. The van der Waals surface area contributed by atoms with E-state index in [0.717, 1.165) is 6.42 Å². The number of amides is 1. The molecule has 8 nitrogen and oxygen atoms in total. The molecule has 1 amide bonds. The van der Waals surface area contributed by atoms with E-state index in [1.54, 1.807) is 4.90 Å². The second kappa shape index (κ2) is 7.05. The maximum absolute atomic E-state index is 12.6. The Bertz CT molecular complexity index is 696. The Labute approximate surface area is 134 Å². The number of nitrogens with zero attached hydrogens (tertiary/aromatic N) is 3. The van der Waals surface area contributed by atoms with Crippen LogP contribution in [0.15, 0.2) is 29.2 Å². The molecule has 1 fully saturated rings. The number of nitro benzene ring substituents is 1. The van der Waals surface area contributed by atoms with Gasteiger partial charge < -0.3 is 4.90 Å². The van der Waals surface area contributed by atoms with E-state index in [1.165, 1.54) is 28.6 Å². The first-order valence-electron chi connectivity index (χ1n) is 7.39. The molecule has 9 heteroatoms. The zero-order chi connectivity index (χ0) is 17.0. The van der Waals surface area contributed by atoms with E-state index in [-0.39, 0.29) is 23.9 Å². The highest BCUT2D eigenvalue weighted by Gasteiger charge is 2.34. The van der Waals surface area contributed by atoms with Crippen LogP contribution in [-0.4, -0.2) is 54.6 Å². The lowest BCUT2D eigenvalue weighted by Crippen LogP contribution is -2.50. The van der Waals surface area contributed by atoms with Crippen LogP contribution < -0.4 is 0 Å². The lowest BCUT2D eigenvalue weighted by molar-refractivity contribution is -0.387. The first kappa shape index (κ1) is 17.4. The number of hydrogen-bond acceptors (Lipinski definition) is 5. The van der Waals surface area contributed by atoms with Gasteiger partial charge in [-0.2, -0.15) is 4.31 Å². The molecular formula is C14H19N3O5S. The van der Waals surface area contributed by atoms with Crippen LogP contribution in [0.25, 0.3) is 0 Å². The molecule has 0 aliphatic carbocycles. The fourth-order valence-electron chi connectivity index (χ4n) is 2.52. The van der Waals surface area contributed by atoms with Gasteiger partial charge in [-0.3, -0.25) is 14.9 Å². The van der Waals surface area contributed by atoms with Crippen LogP contribution in [0.2, 0.25) is 0 Å². The maximum Gasteiger partial charge on any atom is 0.289 e. The van der Waals surface area contributed by atoms with Gasteiger partial charge in [-0.15, -0.1) is 0 Å². The van der Waals surface area contributed by atoms with Crippen molar-refractivity contribution >= 4 is 21.6 Å². The van der Waals surface area contributed by atoms with Crippen LogP contribution in [0, 0.1) is 10.1 Å². The summed E-state index contributed by atoms with van der Waals surface area (Å²) in [5, 5.41) is 11.0. The van der Waals surface area contributed by atoms with E-state index in [2.05, 4.69) is 0 Å². The van der Waals surface area contributed by atoms with Gasteiger partial charge in [-0.1, -0.05) is 19.1 Å². The number of piperazine rings is 1. The fourth-order valence-corrected chi connectivity index (χ4v) is 4.09. The molecule has 0 unspecified atom stereocenters. The quantitative estimate of drug-likeness (QED) is 0.592. The largest absolute Gasteiger partial charge is 0.340 e. The highest BCUT2D eigenvalue weighted by Crippen LogP contribution is 2.26. The predicted octanol–water partition coefficient (Wildman–Crippen LogP) is 1.23. The van der Waals surface area contributed by atoms with Crippen molar-refractivity contribution in [3.8, 4) is 0 Å². The fraction of sp³-hybridized carbons (Fsp3) is 0.500. The number of benzene rings is 1. The summed E-state index contributed by atoms with van der Waals surface area (Å²) >= 11 is 0. The van der Waals surface area contributed by atoms with Gasteiger partial charge in [-0.25, -0.2) is 8.42 Å². The molecule has 1 heterocycles. The van der Waals surface area contributed by atoms with Crippen molar-refractivity contribution in [2.24, 2.45) is 0 Å². The topological polar surface area (TPSA) is 101 Å². The predicted molar refractivity (Wildman–Crippen MR) is 83.3 cm³/mol. The van der Waals surface area contributed by atoms with Crippen LogP contribution in [0.1, 0.15) is 19.8 Å². The molecule has 0 bridgehead atoms. The van der Waals surface area contributed by atoms with Crippen molar-refractivity contribution in [2.75, 3.05) is 26.2 Å². The van der Waals surface area contributed by atoms with Crippen molar-refractivity contribution in [1.29, 1.82) is 0 Å². The van der Waals surface area contributed by atoms with Crippen LogP contribution >= 0.6 is 0 Å². The van der Waals surface area contributed by atoms with Crippen molar-refractivity contribution in [1.82, 2.24) is 9.21 Å². The second-order valence-electron chi connectivity index (χ2n) is 5.26. The van der Waals surface area contributed by atoms with Gasteiger partial charge in [0.25, 0.3) is 5.69 Å². The lowest BCUT2D eigenvalue weighted by atomic mass is 10.2. The van der Waals surface area contributed by atoms with E-state index in [4.69, 9.17) is 0 Å². The number of nitro groups is 1. The summed E-state index contributed by atoms with van der Waals surface area (Å²) in [6.07, 6.45) is 1.18. The first-order chi connectivity index (χ1) is 10.9. The Hall–Kier alpha value is -2.00. The molecular weight excluding hydrogens is 322 g/mol. The zero-order valence-corrected chi connectivity index (χ0v) is 13.7. The number of sulfonamides is 1. The Morgan fingerprint density at radius 3 is 2.39 bits per heavy atom. The highest BCUT2D eigenvalue weighted by molar-refractivity contribution is 7.89. The number of rotatable bonds is 5. The SMILES string of the molecule is CCCC(=O)N1CCN(S(=O)(=O)c2ccccc2[N+](=O)[O-])CC1. The van der Waals surface area contributed by atoms with Crippen LogP contribution in [0.3, 0.4) is 0 Å². The molecule has 0 aromatic heterocycles. The Morgan fingerprint density at radius 2 is 1.83 bits per heavy atom. The van der Waals surface area contributed by atoms with E-state index >= 15 is 0 Å². The van der Waals surface area contributed by atoms with Gasteiger partial charge in [-0.05, 0) is 12.5 Å². The molecule has 1 aromatic carbocycles.